The van der Waals surface area contributed by atoms with Crippen molar-refractivity contribution in [3.63, 3.8) is 0 Å². The van der Waals surface area contributed by atoms with Crippen molar-refractivity contribution in [1.29, 1.82) is 0 Å². The molecule has 1 unspecified atom stereocenters. The Bertz CT molecular complexity index is 159. The fraction of sp³-hybridized carbons (Fsp3) is 0.857. The maximum Gasteiger partial charge on any atom is 0.235 e. The number of isocyanates is 1. The van der Waals surface area contributed by atoms with Gasteiger partial charge in [-0.05, 0) is 13.8 Å². The molecule has 0 fully saturated rings. The summed E-state index contributed by atoms with van der Waals surface area (Å²) in [6.45, 7) is 3.43. The van der Waals surface area contributed by atoms with Crippen LogP contribution in [0.5, 0.6) is 0 Å². The molecule has 0 saturated heterocycles. The summed E-state index contributed by atoms with van der Waals surface area (Å²) in [5.74, 6) is -0.836. The molecule has 1 atom stereocenters. The molecule has 0 amide bonds. The van der Waals surface area contributed by atoms with E-state index in [-0.39, 0.29) is 6.04 Å². The summed E-state index contributed by atoms with van der Waals surface area (Å²) in [5, 5.41) is 0. The summed E-state index contributed by atoms with van der Waals surface area (Å²) >= 11 is 0. The molecule has 0 heterocycles. The van der Waals surface area contributed by atoms with Crippen LogP contribution in [-0.4, -0.2) is 32.1 Å². The third-order valence-corrected chi connectivity index (χ3v) is 1.82. The van der Waals surface area contributed by atoms with Gasteiger partial charge in [0.05, 0.1) is 0 Å². The van der Waals surface area contributed by atoms with Crippen molar-refractivity contribution in [3.05, 3.63) is 0 Å². The Hall–Kier alpha value is -0.700. The van der Waals surface area contributed by atoms with Crippen LogP contribution < -0.4 is 0 Å². The van der Waals surface area contributed by atoms with Gasteiger partial charge < -0.3 is 9.47 Å². The largest absolute Gasteiger partial charge is 0.351 e. The summed E-state index contributed by atoms with van der Waals surface area (Å²) in [6.07, 6.45) is 1.46. The molecule has 0 aliphatic heterocycles. The highest BCUT2D eigenvalue weighted by Crippen LogP contribution is 2.17. The van der Waals surface area contributed by atoms with E-state index in [0.717, 1.165) is 0 Å². The molecule has 0 N–H and O–H groups in total. The number of aliphatic imine (C=N–C) groups is 1. The predicted octanol–water partition coefficient (Wildman–Crippen LogP) is 0.720. The van der Waals surface area contributed by atoms with Gasteiger partial charge in [-0.2, -0.15) is 4.99 Å². The molecule has 0 aromatic rings. The van der Waals surface area contributed by atoms with Gasteiger partial charge in [-0.3, -0.25) is 0 Å². The van der Waals surface area contributed by atoms with Gasteiger partial charge >= 0.3 is 0 Å². The van der Waals surface area contributed by atoms with E-state index in [4.69, 9.17) is 9.47 Å². The summed E-state index contributed by atoms with van der Waals surface area (Å²) in [4.78, 5) is 13.4. The van der Waals surface area contributed by atoms with E-state index in [0.29, 0.717) is 0 Å². The molecule has 0 saturated carbocycles. The third-order valence-electron chi connectivity index (χ3n) is 1.82. The molecule has 0 aromatic heterocycles. The van der Waals surface area contributed by atoms with Crippen molar-refractivity contribution in [3.8, 4) is 0 Å². The molecule has 0 rings (SSSR count). The maximum atomic E-state index is 9.89. The molecule has 0 spiro atoms. The number of methoxy groups -OCH3 is 2. The van der Waals surface area contributed by atoms with E-state index in [2.05, 4.69) is 4.99 Å². The highest BCUT2D eigenvalue weighted by molar-refractivity contribution is 5.33. The number of nitrogens with zero attached hydrogens (tertiary/aromatic N) is 1. The second-order valence-electron chi connectivity index (χ2n) is 2.32. The van der Waals surface area contributed by atoms with Crippen LogP contribution in [-0.2, 0) is 14.3 Å². The van der Waals surface area contributed by atoms with Crippen LogP contribution in [0, 0.1) is 0 Å². The van der Waals surface area contributed by atoms with Crippen LogP contribution in [0.4, 0.5) is 0 Å². The monoisotopic (exact) mass is 159 g/mol. The van der Waals surface area contributed by atoms with Crippen LogP contribution in [0.2, 0.25) is 0 Å². The molecule has 0 aliphatic carbocycles. The lowest BCUT2D eigenvalue weighted by atomic mass is 10.1. The minimum absolute atomic E-state index is 0.352. The fourth-order valence-electron chi connectivity index (χ4n) is 0.621. The van der Waals surface area contributed by atoms with Crippen LogP contribution >= 0.6 is 0 Å². The van der Waals surface area contributed by atoms with Gasteiger partial charge in [0.2, 0.25) is 6.08 Å². The number of hydrogen-bond donors (Lipinski definition) is 0. The van der Waals surface area contributed by atoms with E-state index in [9.17, 15) is 4.79 Å². The smallest absolute Gasteiger partial charge is 0.235 e. The highest BCUT2D eigenvalue weighted by Gasteiger charge is 2.30. The Labute approximate surface area is 66.2 Å². The van der Waals surface area contributed by atoms with Gasteiger partial charge in [0.25, 0.3) is 0 Å². The molecule has 64 valence electrons. The lowest BCUT2D eigenvalue weighted by molar-refractivity contribution is -0.203. The van der Waals surface area contributed by atoms with E-state index in [1.165, 1.54) is 20.3 Å². The van der Waals surface area contributed by atoms with Crippen LogP contribution in [0.1, 0.15) is 13.8 Å². The van der Waals surface area contributed by atoms with Gasteiger partial charge in [-0.25, -0.2) is 4.79 Å². The SMILES string of the molecule is COC(C)(OC)C(C)N=C=O. The van der Waals surface area contributed by atoms with Crippen molar-refractivity contribution >= 4 is 6.08 Å². The highest BCUT2D eigenvalue weighted by atomic mass is 16.7. The van der Waals surface area contributed by atoms with Crippen LogP contribution in [0.25, 0.3) is 0 Å². The van der Waals surface area contributed by atoms with E-state index < -0.39 is 5.79 Å². The molecule has 0 aliphatic rings. The molecule has 0 radical (unpaired) electrons. The first kappa shape index (κ1) is 10.3. The van der Waals surface area contributed by atoms with Gasteiger partial charge in [0, 0.05) is 14.2 Å². The molecular weight excluding hydrogens is 146 g/mol. The molecule has 0 bridgehead atoms. The number of hydrogen-bond acceptors (Lipinski definition) is 4. The summed E-state index contributed by atoms with van der Waals surface area (Å²) in [7, 11) is 3.00. The lowest BCUT2D eigenvalue weighted by Gasteiger charge is -2.28. The van der Waals surface area contributed by atoms with Crippen molar-refractivity contribution in [2.24, 2.45) is 4.99 Å². The average Bonchev–Trinajstić information content (AvgIpc) is 2.03. The number of carbonyl (C=O) groups excluding carboxylic acids is 1. The zero-order valence-electron chi connectivity index (χ0n) is 7.25. The van der Waals surface area contributed by atoms with Gasteiger partial charge in [-0.15, -0.1) is 0 Å². The van der Waals surface area contributed by atoms with E-state index >= 15 is 0 Å². The minimum atomic E-state index is -0.836. The average molecular weight is 159 g/mol. The number of ether oxygens (including phenoxy) is 2. The first-order valence-corrected chi connectivity index (χ1v) is 3.28. The van der Waals surface area contributed by atoms with Crippen LogP contribution in [0.3, 0.4) is 0 Å². The Morgan fingerprint density at radius 3 is 2.18 bits per heavy atom. The molecule has 4 heteroatoms. The second kappa shape index (κ2) is 4.23. The van der Waals surface area contributed by atoms with Crippen molar-refractivity contribution < 1.29 is 14.3 Å². The van der Waals surface area contributed by atoms with E-state index in [1.54, 1.807) is 13.8 Å². The molecule has 4 nitrogen and oxygen atoms in total. The molecule has 11 heavy (non-hydrogen) atoms. The first-order valence-electron chi connectivity index (χ1n) is 3.28. The standard InChI is InChI=1S/C7H13NO3/c1-6(8-5-9)7(2,10-3)11-4/h6H,1-4H3. The lowest BCUT2D eigenvalue weighted by Crippen LogP contribution is -2.40. The Morgan fingerprint density at radius 1 is 1.45 bits per heavy atom. The fourth-order valence-corrected chi connectivity index (χ4v) is 0.621. The first-order chi connectivity index (χ1) is 5.10. The molecule has 0 aromatic carbocycles. The zero-order valence-corrected chi connectivity index (χ0v) is 7.25. The normalized spacial score (nSPS) is 13.8. The third kappa shape index (κ3) is 2.42. The van der Waals surface area contributed by atoms with Crippen molar-refractivity contribution in [2.45, 2.75) is 25.7 Å². The van der Waals surface area contributed by atoms with Crippen LogP contribution in [0.15, 0.2) is 4.99 Å². The van der Waals surface area contributed by atoms with E-state index in [1.807, 2.05) is 0 Å². The predicted molar refractivity (Wildman–Crippen MR) is 40.0 cm³/mol. The topological polar surface area (TPSA) is 47.9 Å². The minimum Gasteiger partial charge on any atom is -0.351 e. The Balaban J connectivity index is 4.35. The quantitative estimate of drug-likeness (QED) is 0.345. The van der Waals surface area contributed by atoms with Gasteiger partial charge in [-0.1, -0.05) is 0 Å². The van der Waals surface area contributed by atoms with Gasteiger partial charge in [0.15, 0.2) is 5.79 Å². The zero-order chi connectivity index (χ0) is 8.91. The second-order valence-corrected chi connectivity index (χ2v) is 2.32. The summed E-state index contributed by atoms with van der Waals surface area (Å²) in [5.41, 5.74) is 0. The Morgan fingerprint density at radius 2 is 1.91 bits per heavy atom. The van der Waals surface area contributed by atoms with Crippen molar-refractivity contribution in [2.75, 3.05) is 14.2 Å². The summed E-state index contributed by atoms with van der Waals surface area (Å²) < 4.78 is 10.0. The molecular formula is C7H13NO3. The maximum absolute atomic E-state index is 9.89. The van der Waals surface area contributed by atoms with Gasteiger partial charge in [0.1, 0.15) is 6.04 Å². The van der Waals surface area contributed by atoms with Crippen molar-refractivity contribution in [1.82, 2.24) is 0 Å². The summed E-state index contributed by atoms with van der Waals surface area (Å²) in [6, 6.07) is -0.352. The number of rotatable bonds is 4. The Kier molecular flexibility index (Phi) is 3.97.